The molecule has 2 rings (SSSR count). The van der Waals surface area contributed by atoms with Crippen molar-refractivity contribution in [1.82, 2.24) is 0 Å². The van der Waals surface area contributed by atoms with Crippen LogP contribution >= 0.6 is 0 Å². The lowest BCUT2D eigenvalue weighted by Gasteiger charge is -2.45. The first-order valence-electron chi connectivity index (χ1n) is 8.61. The maximum absolute atomic E-state index is 12.0. The van der Waals surface area contributed by atoms with Crippen molar-refractivity contribution in [2.75, 3.05) is 20.3 Å². The van der Waals surface area contributed by atoms with Crippen LogP contribution in [0.1, 0.15) is 6.42 Å². The molecule has 0 spiro atoms. The molecule has 0 saturated carbocycles. The molecule has 11 nitrogen and oxygen atoms in total. The number of hydrogen-bond donors (Lipinski definition) is 6. The third-order valence-electron chi connectivity index (χ3n) is 4.90. The molecule has 0 bridgehead atoms. The minimum Gasteiger partial charge on any atom is -0.471 e. The van der Waals surface area contributed by atoms with Crippen LogP contribution < -0.4 is 0 Å². The molecule has 6 N–H and O–H groups in total. The number of carbonyl (C=O) groups excluding carboxylic acids is 1. The van der Waals surface area contributed by atoms with Gasteiger partial charge in [0.15, 0.2) is 6.29 Å². The summed E-state index contributed by atoms with van der Waals surface area (Å²) in [6.45, 7) is 2.45. The van der Waals surface area contributed by atoms with Gasteiger partial charge >= 0.3 is 5.97 Å². The number of esters is 1. The molecule has 1 fully saturated rings. The number of carbonyl (C=O) groups is 1. The SMILES string of the molecule is C=C[C@H]1[C@H](O[C@@H]2O[C@H](CO)[C@@H](O)[C@H](O)[C@H]2O)OC=C(C(=O)OC)[C@@]1(O)CCO. The highest BCUT2D eigenvalue weighted by molar-refractivity contribution is 5.90. The van der Waals surface area contributed by atoms with E-state index in [1.54, 1.807) is 0 Å². The van der Waals surface area contributed by atoms with Crippen molar-refractivity contribution in [3.8, 4) is 0 Å². The van der Waals surface area contributed by atoms with Gasteiger partial charge < -0.3 is 49.6 Å². The van der Waals surface area contributed by atoms with E-state index >= 15 is 0 Å². The molecule has 28 heavy (non-hydrogen) atoms. The van der Waals surface area contributed by atoms with Gasteiger partial charge in [0.2, 0.25) is 6.29 Å². The van der Waals surface area contributed by atoms with E-state index in [0.717, 1.165) is 13.4 Å². The summed E-state index contributed by atoms with van der Waals surface area (Å²) in [6.07, 6.45) is -7.13. The van der Waals surface area contributed by atoms with Crippen LogP contribution in [0.3, 0.4) is 0 Å². The van der Waals surface area contributed by atoms with Crippen LogP contribution in [0.25, 0.3) is 0 Å². The molecule has 0 radical (unpaired) electrons. The van der Waals surface area contributed by atoms with E-state index in [2.05, 4.69) is 11.3 Å². The van der Waals surface area contributed by atoms with Crippen molar-refractivity contribution in [3.63, 3.8) is 0 Å². The number of hydrogen-bond acceptors (Lipinski definition) is 11. The smallest absolute Gasteiger partial charge is 0.339 e. The lowest BCUT2D eigenvalue weighted by atomic mass is 9.77. The van der Waals surface area contributed by atoms with Crippen LogP contribution in [0.4, 0.5) is 0 Å². The largest absolute Gasteiger partial charge is 0.471 e. The number of aliphatic hydroxyl groups is 6. The average Bonchev–Trinajstić information content (AvgIpc) is 2.68. The van der Waals surface area contributed by atoms with Crippen molar-refractivity contribution in [2.45, 2.75) is 49.0 Å². The van der Waals surface area contributed by atoms with E-state index in [4.69, 9.17) is 14.2 Å². The second kappa shape index (κ2) is 9.29. The van der Waals surface area contributed by atoms with Crippen molar-refractivity contribution in [2.24, 2.45) is 5.92 Å². The molecule has 2 aliphatic heterocycles. The second-order valence-corrected chi connectivity index (χ2v) is 6.52. The summed E-state index contributed by atoms with van der Waals surface area (Å²) >= 11 is 0. The topological polar surface area (TPSA) is 175 Å². The van der Waals surface area contributed by atoms with E-state index in [1.165, 1.54) is 6.08 Å². The predicted molar refractivity (Wildman–Crippen MR) is 90.2 cm³/mol. The monoisotopic (exact) mass is 406 g/mol. The van der Waals surface area contributed by atoms with E-state index in [0.29, 0.717) is 0 Å². The highest BCUT2D eigenvalue weighted by atomic mass is 16.8. The molecular weight excluding hydrogens is 380 g/mol. The molecule has 160 valence electrons. The van der Waals surface area contributed by atoms with Gasteiger partial charge in [-0.2, -0.15) is 0 Å². The molecule has 0 aliphatic carbocycles. The standard InChI is InChI=1S/C17H26O11/c1-3-8-15(26-7-9(14(23)25-2)17(8,24)4-5-18)28-16-13(22)12(21)11(20)10(6-19)27-16/h3,7-8,10-13,15-16,18-22,24H,1,4-6H2,2H3/t8-,10+,11+,12-,13+,15-,16-,17+/m0/s1. The summed E-state index contributed by atoms with van der Waals surface area (Å²) in [6, 6.07) is 0. The molecule has 2 aliphatic rings. The first kappa shape index (κ1) is 22.7. The normalized spacial score (nSPS) is 41.0. The Morgan fingerprint density at radius 1 is 1.25 bits per heavy atom. The molecule has 0 aromatic carbocycles. The van der Waals surface area contributed by atoms with Gasteiger partial charge in [-0.3, -0.25) is 0 Å². The Bertz CT molecular complexity index is 592. The predicted octanol–water partition coefficient (Wildman–Crippen LogP) is -2.87. The minimum absolute atomic E-state index is 0.261. The van der Waals surface area contributed by atoms with Crippen LogP contribution in [0.15, 0.2) is 24.5 Å². The summed E-state index contributed by atoms with van der Waals surface area (Å²) < 4.78 is 20.7. The molecule has 1 saturated heterocycles. The number of methoxy groups -OCH3 is 1. The molecule has 11 heteroatoms. The fourth-order valence-electron chi connectivity index (χ4n) is 3.27. The zero-order valence-corrected chi connectivity index (χ0v) is 15.2. The Labute approximate surface area is 161 Å². The molecule has 0 amide bonds. The zero-order valence-electron chi connectivity index (χ0n) is 15.2. The maximum atomic E-state index is 12.0. The lowest BCUT2D eigenvalue weighted by molar-refractivity contribution is -0.343. The molecule has 0 unspecified atom stereocenters. The fourth-order valence-corrected chi connectivity index (χ4v) is 3.27. The van der Waals surface area contributed by atoms with Crippen molar-refractivity contribution >= 4 is 5.97 Å². The van der Waals surface area contributed by atoms with Crippen molar-refractivity contribution in [1.29, 1.82) is 0 Å². The van der Waals surface area contributed by atoms with Crippen LogP contribution in [-0.4, -0.2) is 99.5 Å². The summed E-state index contributed by atoms with van der Waals surface area (Å²) in [5.41, 5.74) is -2.22. The summed E-state index contributed by atoms with van der Waals surface area (Å²) in [4.78, 5) is 12.0. The number of rotatable bonds is 7. The van der Waals surface area contributed by atoms with E-state index in [-0.39, 0.29) is 12.0 Å². The Kier molecular flexibility index (Phi) is 7.53. The summed E-state index contributed by atoms with van der Waals surface area (Å²) in [7, 11) is 1.11. The molecular formula is C17H26O11. The van der Waals surface area contributed by atoms with E-state index in [9.17, 15) is 35.4 Å². The first-order valence-corrected chi connectivity index (χ1v) is 8.61. The fraction of sp³-hybridized carbons (Fsp3) is 0.706. The van der Waals surface area contributed by atoms with Crippen LogP contribution in [0.2, 0.25) is 0 Å². The van der Waals surface area contributed by atoms with Gasteiger partial charge in [-0.05, 0) is 0 Å². The van der Waals surface area contributed by atoms with E-state index < -0.39 is 67.7 Å². The van der Waals surface area contributed by atoms with Gasteiger partial charge in [0, 0.05) is 13.0 Å². The third-order valence-corrected chi connectivity index (χ3v) is 4.90. The highest BCUT2D eigenvalue weighted by Gasteiger charge is 2.52. The Morgan fingerprint density at radius 2 is 1.93 bits per heavy atom. The van der Waals surface area contributed by atoms with Gasteiger partial charge in [-0.15, -0.1) is 6.58 Å². The highest BCUT2D eigenvalue weighted by Crippen LogP contribution is 2.40. The van der Waals surface area contributed by atoms with Gasteiger partial charge in [0.25, 0.3) is 0 Å². The minimum atomic E-state index is -1.96. The molecule has 0 aromatic rings. The second-order valence-electron chi connectivity index (χ2n) is 6.52. The summed E-state index contributed by atoms with van der Waals surface area (Å²) in [5, 5.41) is 59.5. The number of ether oxygens (including phenoxy) is 4. The Morgan fingerprint density at radius 3 is 2.46 bits per heavy atom. The zero-order chi connectivity index (χ0) is 21.1. The molecule has 2 heterocycles. The van der Waals surface area contributed by atoms with Crippen molar-refractivity contribution < 1.29 is 54.4 Å². The van der Waals surface area contributed by atoms with Crippen LogP contribution in [0.5, 0.6) is 0 Å². The third kappa shape index (κ3) is 4.07. The molecule has 0 aromatic heterocycles. The van der Waals surface area contributed by atoms with Crippen molar-refractivity contribution in [3.05, 3.63) is 24.5 Å². The first-order chi connectivity index (χ1) is 13.2. The van der Waals surface area contributed by atoms with E-state index in [1.807, 2.05) is 0 Å². The van der Waals surface area contributed by atoms with Gasteiger partial charge in [0.1, 0.15) is 35.6 Å². The maximum Gasteiger partial charge on any atom is 0.339 e. The molecule has 8 atom stereocenters. The van der Waals surface area contributed by atoms with Gasteiger partial charge in [0.05, 0.1) is 25.9 Å². The Hall–Kier alpha value is -1.57. The number of aliphatic hydroxyl groups excluding tert-OH is 5. The van der Waals surface area contributed by atoms with Gasteiger partial charge in [-0.1, -0.05) is 6.08 Å². The summed E-state index contributed by atoms with van der Waals surface area (Å²) in [5.74, 6) is -1.99. The van der Waals surface area contributed by atoms with Crippen LogP contribution in [0, 0.1) is 5.92 Å². The van der Waals surface area contributed by atoms with Crippen LogP contribution in [-0.2, 0) is 23.7 Å². The quantitative estimate of drug-likeness (QED) is 0.189. The Balaban J connectivity index is 2.29. The average molecular weight is 406 g/mol. The lowest BCUT2D eigenvalue weighted by Crippen LogP contribution is -2.61. The van der Waals surface area contributed by atoms with Gasteiger partial charge in [-0.25, -0.2) is 4.79 Å².